The summed E-state index contributed by atoms with van der Waals surface area (Å²) in [5, 5.41) is 0.0302. The van der Waals surface area contributed by atoms with Crippen LogP contribution in [0, 0.1) is 5.82 Å². The Morgan fingerprint density at radius 2 is 1.87 bits per heavy atom. The SMILES string of the molecule is N[C@H](CC(F)(F)F)c1cc(F)cc(Cl)c1. The van der Waals surface area contributed by atoms with Gasteiger partial charge in [0, 0.05) is 11.1 Å². The predicted octanol–water partition coefficient (Wildman–Crippen LogP) is 3.43. The Kier molecular flexibility index (Phi) is 3.57. The third-order valence-corrected chi connectivity index (χ3v) is 1.98. The first-order chi connectivity index (χ1) is 6.78. The van der Waals surface area contributed by atoms with E-state index in [4.69, 9.17) is 17.3 Å². The quantitative estimate of drug-likeness (QED) is 0.789. The summed E-state index contributed by atoms with van der Waals surface area (Å²) >= 11 is 5.49. The van der Waals surface area contributed by atoms with E-state index in [1.54, 1.807) is 0 Å². The highest BCUT2D eigenvalue weighted by atomic mass is 35.5. The molecule has 0 spiro atoms. The minimum absolute atomic E-state index is 0.0302. The molecule has 6 heteroatoms. The molecular weight excluding hydrogens is 234 g/mol. The summed E-state index contributed by atoms with van der Waals surface area (Å²) in [5.41, 5.74) is 5.31. The smallest absolute Gasteiger partial charge is 0.324 e. The lowest BCUT2D eigenvalue weighted by Gasteiger charge is -2.14. The van der Waals surface area contributed by atoms with Crippen molar-refractivity contribution in [1.29, 1.82) is 0 Å². The monoisotopic (exact) mass is 241 g/mol. The number of hydrogen-bond acceptors (Lipinski definition) is 1. The van der Waals surface area contributed by atoms with Crippen LogP contribution in [0.4, 0.5) is 17.6 Å². The first-order valence-electron chi connectivity index (χ1n) is 4.06. The minimum atomic E-state index is -4.38. The van der Waals surface area contributed by atoms with E-state index in [1.165, 1.54) is 6.07 Å². The maximum atomic E-state index is 12.8. The molecule has 0 heterocycles. The van der Waals surface area contributed by atoms with E-state index < -0.39 is 24.5 Å². The van der Waals surface area contributed by atoms with Gasteiger partial charge in [-0.2, -0.15) is 13.2 Å². The molecule has 0 aromatic heterocycles. The Morgan fingerprint density at radius 1 is 1.27 bits per heavy atom. The molecule has 1 aromatic carbocycles. The fourth-order valence-electron chi connectivity index (χ4n) is 1.16. The first kappa shape index (κ1) is 12.3. The maximum absolute atomic E-state index is 12.8. The van der Waals surface area contributed by atoms with Gasteiger partial charge in [-0.3, -0.25) is 0 Å². The molecule has 1 atom stereocenters. The zero-order valence-electron chi connectivity index (χ0n) is 7.48. The third-order valence-electron chi connectivity index (χ3n) is 1.76. The van der Waals surface area contributed by atoms with Crippen molar-refractivity contribution in [3.05, 3.63) is 34.6 Å². The molecule has 0 fully saturated rings. The summed E-state index contributed by atoms with van der Waals surface area (Å²) in [4.78, 5) is 0. The van der Waals surface area contributed by atoms with E-state index in [2.05, 4.69) is 0 Å². The van der Waals surface area contributed by atoms with Crippen LogP contribution in [0.5, 0.6) is 0 Å². The van der Waals surface area contributed by atoms with Crippen LogP contribution in [0.1, 0.15) is 18.0 Å². The molecule has 1 nitrogen and oxygen atoms in total. The minimum Gasteiger partial charge on any atom is -0.324 e. The summed E-state index contributed by atoms with van der Waals surface area (Å²) in [6.45, 7) is 0. The van der Waals surface area contributed by atoms with Crippen molar-refractivity contribution in [1.82, 2.24) is 0 Å². The Balaban J connectivity index is 2.86. The highest BCUT2D eigenvalue weighted by molar-refractivity contribution is 6.30. The van der Waals surface area contributed by atoms with Crippen LogP contribution in [-0.4, -0.2) is 6.18 Å². The van der Waals surface area contributed by atoms with Crippen LogP contribution in [0.3, 0.4) is 0 Å². The zero-order valence-corrected chi connectivity index (χ0v) is 8.24. The third kappa shape index (κ3) is 4.05. The Labute approximate surface area is 88.8 Å². The van der Waals surface area contributed by atoms with Crippen LogP contribution in [0.15, 0.2) is 18.2 Å². The number of benzene rings is 1. The van der Waals surface area contributed by atoms with Crippen molar-refractivity contribution in [3.63, 3.8) is 0 Å². The number of halogens is 5. The van der Waals surface area contributed by atoms with Gasteiger partial charge in [-0.1, -0.05) is 11.6 Å². The van der Waals surface area contributed by atoms with E-state index in [-0.39, 0.29) is 10.6 Å². The first-order valence-corrected chi connectivity index (χ1v) is 4.44. The molecular formula is C9H8ClF4N. The average molecular weight is 242 g/mol. The molecule has 84 valence electrons. The van der Waals surface area contributed by atoms with Crippen LogP contribution in [-0.2, 0) is 0 Å². The van der Waals surface area contributed by atoms with Crippen molar-refractivity contribution in [2.45, 2.75) is 18.6 Å². The van der Waals surface area contributed by atoms with Crippen LogP contribution < -0.4 is 5.73 Å². The Hall–Kier alpha value is -0.810. The molecule has 0 aliphatic heterocycles. The van der Waals surface area contributed by atoms with Crippen LogP contribution in [0.25, 0.3) is 0 Å². The molecule has 1 rings (SSSR count). The summed E-state index contributed by atoms with van der Waals surface area (Å²) < 4.78 is 48.8. The van der Waals surface area contributed by atoms with E-state index in [0.29, 0.717) is 0 Å². The summed E-state index contributed by atoms with van der Waals surface area (Å²) in [7, 11) is 0. The van der Waals surface area contributed by atoms with Gasteiger partial charge in [0.05, 0.1) is 6.42 Å². The zero-order chi connectivity index (χ0) is 11.6. The van der Waals surface area contributed by atoms with Crippen molar-refractivity contribution in [3.8, 4) is 0 Å². The lowest BCUT2D eigenvalue weighted by Crippen LogP contribution is -2.20. The van der Waals surface area contributed by atoms with E-state index in [0.717, 1.165) is 12.1 Å². The van der Waals surface area contributed by atoms with Gasteiger partial charge in [0.1, 0.15) is 5.82 Å². The van der Waals surface area contributed by atoms with Crippen LogP contribution in [0.2, 0.25) is 5.02 Å². The number of rotatable bonds is 2. The molecule has 2 N–H and O–H groups in total. The Morgan fingerprint density at radius 3 is 2.33 bits per heavy atom. The fourth-order valence-corrected chi connectivity index (χ4v) is 1.39. The molecule has 0 amide bonds. The topological polar surface area (TPSA) is 26.0 Å². The van der Waals surface area contributed by atoms with Crippen molar-refractivity contribution in [2.75, 3.05) is 0 Å². The number of hydrogen-bond donors (Lipinski definition) is 1. The van der Waals surface area contributed by atoms with E-state index >= 15 is 0 Å². The van der Waals surface area contributed by atoms with Gasteiger partial charge >= 0.3 is 6.18 Å². The van der Waals surface area contributed by atoms with Crippen molar-refractivity contribution < 1.29 is 17.6 Å². The molecule has 0 aliphatic carbocycles. The molecule has 0 saturated heterocycles. The fraction of sp³-hybridized carbons (Fsp3) is 0.333. The summed E-state index contributed by atoms with van der Waals surface area (Å²) in [5.74, 6) is -0.699. The second-order valence-electron chi connectivity index (χ2n) is 3.13. The molecule has 0 bridgehead atoms. The highest BCUT2D eigenvalue weighted by Crippen LogP contribution is 2.29. The molecule has 0 aliphatic rings. The predicted molar refractivity (Wildman–Crippen MR) is 49.0 cm³/mol. The second-order valence-corrected chi connectivity index (χ2v) is 3.57. The largest absolute Gasteiger partial charge is 0.390 e. The van der Waals surface area contributed by atoms with Gasteiger partial charge in [-0.25, -0.2) is 4.39 Å². The highest BCUT2D eigenvalue weighted by Gasteiger charge is 2.31. The second kappa shape index (κ2) is 4.37. The van der Waals surface area contributed by atoms with E-state index in [1.807, 2.05) is 0 Å². The average Bonchev–Trinajstić information content (AvgIpc) is 1.98. The summed E-state index contributed by atoms with van der Waals surface area (Å²) in [6, 6.07) is 1.88. The molecule has 0 saturated carbocycles. The van der Waals surface area contributed by atoms with Crippen LogP contribution >= 0.6 is 11.6 Å². The molecule has 1 aromatic rings. The molecule has 0 unspecified atom stereocenters. The van der Waals surface area contributed by atoms with Gasteiger partial charge in [0.25, 0.3) is 0 Å². The van der Waals surface area contributed by atoms with Crippen molar-refractivity contribution >= 4 is 11.6 Å². The van der Waals surface area contributed by atoms with Gasteiger partial charge in [-0.15, -0.1) is 0 Å². The standard InChI is InChI=1S/C9H8ClF4N/c10-6-1-5(2-7(11)3-6)8(15)4-9(12,13)14/h1-3,8H,4,15H2/t8-/m1/s1. The van der Waals surface area contributed by atoms with Gasteiger partial charge < -0.3 is 5.73 Å². The Bertz CT molecular complexity index is 330. The molecule has 15 heavy (non-hydrogen) atoms. The van der Waals surface area contributed by atoms with Gasteiger partial charge in [0.2, 0.25) is 0 Å². The van der Waals surface area contributed by atoms with E-state index in [9.17, 15) is 17.6 Å². The van der Waals surface area contributed by atoms with Crippen molar-refractivity contribution in [2.24, 2.45) is 5.73 Å². The van der Waals surface area contributed by atoms with Gasteiger partial charge in [0.15, 0.2) is 0 Å². The normalized spacial score (nSPS) is 14.0. The lowest BCUT2D eigenvalue weighted by molar-refractivity contribution is -0.138. The summed E-state index contributed by atoms with van der Waals surface area (Å²) in [6.07, 6.45) is -5.58. The maximum Gasteiger partial charge on any atom is 0.390 e. The molecule has 0 radical (unpaired) electrons. The lowest BCUT2D eigenvalue weighted by atomic mass is 10.0. The number of alkyl halides is 3. The number of nitrogens with two attached hydrogens (primary N) is 1. The van der Waals surface area contributed by atoms with Gasteiger partial charge in [-0.05, 0) is 23.8 Å².